The Kier molecular flexibility index (Phi) is 11.9. The molecule has 3 rings (SSSR count). The first kappa shape index (κ1) is 25.0. The number of likely N-dealkylation sites (tertiary alicyclic amines) is 1. The standard InChI is InChI=1S/C25H42N4O3/c1-26-25(27-12-5-16-30-20-23-11-18-31-21-23)28-13-6-17-32-24-9-14-29(15-10-24)19-22-7-3-2-4-8-22/h2-4,7-8,23-24H,5-6,9-21H2,1H3,(H2,26,27,28). The van der Waals surface area contributed by atoms with Gasteiger partial charge in [0.1, 0.15) is 0 Å². The zero-order valence-corrected chi connectivity index (χ0v) is 19.8. The van der Waals surface area contributed by atoms with Crippen LogP contribution in [0.1, 0.15) is 37.7 Å². The lowest BCUT2D eigenvalue weighted by Crippen LogP contribution is -2.39. The molecule has 1 aromatic rings. The molecule has 2 saturated heterocycles. The van der Waals surface area contributed by atoms with Gasteiger partial charge in [0.15, 0.2) is 5.96 Å². The number of hydrogen-bond donors (Lipinski definition) is 2. The van der Waals surface area contributed by atoms with Gasteiger partial charge in [-0.2, -0.15) is 0 Å². The van der Waals surface area contributed by atoms with Crippen LogP contribution in [0.15, 0.2) is 35.3 Å². The second-order valence-electron chi connectivity index (χ2n) is 8.77. The summed E-state index contributed by atoms with van der Waals surface area (Å²) in [6, 6.07) is 10.7. The van der Waals surface area contributed by atoms with Gasteiger partial charge in [-0.3, -0.25) is 9.89 Å². The molecule has 1 unspecified atom stereocenters. The van der Waals surface area contributed by atoms with Crippen LogP contribution in [0, 0.1) is 5.92 Å². The van der Waals surface area contributed by atoms with Crippen molar-refractivity contribution < 1.29 is 14.2 Å². The fourth-order valence-electron chi connectivity index (χ4n) is 4.17. The first-order valence-electron chi connectivity index (χ1n) is 12.3. The summed E-state index contributed by atoms with van der Waals surface area (Å²) in [5, 5.41) is 6.72. The number of ether oxygens (including phenoxy) is 3. The van der Waals surface area contributed by atoms with Gasteiger partial charge in [0, 0.05) is 65.5 Å². The lowest BCUT2D eigenvalue weighted by molar-refractivity contribution is 0.00534. The van der Waals surface area contributed by atoms with Crippen LogP contribution in [0.25, 0.3) is 0 Å². The summed E-state index contributed by atoms with van der Waals surface area (Å²) in [7, 11) is 1.81. The zero-order chi connectivity index (χ0) is 22.3. The zero-order valence-electron chi connectivity index (χ0n) is 19.8. The first-order chi connectivity index (χ1) is 15.8. The molecule has 0 amide bonds. The fourth-order valence-corrected chi connectivity index (χ4v) is 4.17. The predicted molar refractivity (Wildman–Crippen MR) is 129 cm³/mol. The Balaban J connectivity index is 1.14. The second kappa shape index (κ2) is 15.2. The molecule has 180 valence electrons. The molecule has 0 aromatic heterocycles. The van der Waals surface area contributed by atoms with E-state index in [1.807, 2.05) is 7.05 Å². The summed E-state index contributed by atoms with van der Waals surface area (Å²) in [5.74, 6) is 1.44. The number of benzene rings is 1. The Hall–Kier alpha value is -1.67. The second-order valence-corrected chi connectivity index (χ2v) is 8.77. The molecule has 0 bridgehead atoms. The maximum Gasteiger partial charge on any atom is 0.190 e. The van der Waals surface area contributed by atoms with E-state index in [-0.39, 0.29) is 0 Å². The number of nitrogens with zero attached hydrogens (tertiary/aromatic N) is 2. The maximum atomic E-state index is 6.11. The maximum absolute atomic E-state index is 6.11. The van der Waals surface area contributed by atoms with Gasteiger partial charge in [-0.25, -0.2) is 0 Å². The summed E-state index contributed by atoms with van der Waals surface area (Å²) in [6.45, 7) is 9.14. The number of aliphatic imine (C=N–C) groups is 1. The minimum atomic E-state index is 0.398. The van der Waals surface area contributed by atoms with Gasteiger partial charge in [0.05, 0.1) is 19.3 Å². The molecule has 0 radical (unpaired) electrons. The molecule has 7 heteroatoms. The van der Waals surface area contributed by atoms with Gasteiger partial charge in [-0.1, -0.05) is 30.3 Å². The van der Waals surface area contributed by atoms with Crippen LogP contribution in [0.2, 0.25) is 0 Å². The van der Waals surface area contributed by atoms with Crippen molar-refractivity contribution in [2.75, 3.05) is 66.3 Å². The number of hydrogen-bond acceptors (Lipinski definition) is 5. The summed E-state index contributed by atoms with van der Waals surface area (Å²) in [6.07, 6.45) is 5.73. The molecule has 1 atom stereocenters. The number of rotatable bonds is 13. The Morgan fingerprint density at radius 3 is 2.50 bits per heavy atom. The van der Waals surface area contributed by atoms with Crippen LogP contribution >= 0.6 is 0 Å². The predicted octanol–water partition coefficient (Wildman–Crippen LogP) is 2.67. The third-order valence-electron chi connectivity index (χ3n) is 6.11. The van der Waals surface area contributed by atoms with E-state index in [9.17, 15) is 0 Å². The normalized spacial score (nSPS) is 20.5. The van der Waals surface area contributed by atoms with E-state index in [1.54, 1.807) is 0 Å². The molecule has 2 fully saturated rings. The van der Waals surface area contributed by atoms with Crippen molar-refractivity contribution in [1.82, 2.24) is 15.5 Å². The van der Waals surface area contributed by atoms with E-state index in [0.717, 1.165) is 104 Å². The Bertz CT molecular complexity index is 629. The van der Waals surface area contributed by atoms with Crippen molar-refractivity contribution in [2.45, 2.75) is 44.8 Å². The Morgan fingerprint density at radius 2 is 1.81 bits per heavy atom. The molecule has 32 heavy (non-hydrogen) atoms. The van der Waals surface area contributed by atoms with Crippen LogP contribution in [0.5, 0.6) is 0 Å². The molecule has 2 heterocycles. The molecular formula is C25H42N4O3. The van der Waals surface area contributed by atoms with E-state index < -0.39 is 0 Å². The van der Waals surface area contributed by atoms with Crippen LogP contribution < -0.4 is 10.6 Å². The smallest absolute Gasteiger partial charge is 0.190 e. The van der Waals surface area contributed by atoms with Gasteiger partial charge in [-0.05, 0) is 37.7 Å². The SMILES string of the molecule is CN=C(NCCCOCC1CCOC1)NCCCOC1CCN(Cc2ccccc2)CC1. The van der Waals surface area contributed by atoms with Crippen LogP contribution in [0.4, 0.5) is 0 Å². The van der Waals surface area contributed by atoms with Crippen molar-refractivity contribution >= 4 is 5.96 Å². The largest absolute Gasteiger partial charge is 0.381 e. The summed E-state index contributed by atoms with van der Waals surface area (Å²) < 4.78 is 17.2. The summed E-state index contributed by atoms with van der Waals surface area (Å²) >= 11 is 0. The summed E-state index contributed by atoms with van der Waals surface area (Å²) in [5.41, 5.74) is 1.40. The van der Waals surface area contributed by atoms with Crippen molar-refractivity contribution in [3.8, 4) is 0 Å². The van der Waals surface area contributed by atoms with E-state index in [0.29, 0.717) is 12.0 Å². The average Bonchev–Trinajstić information content (AvgIpc) is 3.35. The lowest BCUT2D eigenvalue weighted by Gasteiger charge is -2.32. The summed E-state index contributed by atoms with van der Waals surface area (Å²) in [4.78, 5) is 6.82. The van der Waals surface area contributed by atoms with Gasteiger partial charge in [-0.15, -0.1) is 0 Å². The van der Waals surface area contributed by atoms with Gasteiger partial charge in [0.2, 0.25) is 0 Å². The van der Waals surface area contributed by atoms with Crippen molar-refractivity contribution in [3.63, 3.8) is 0 Å². The minimum absolute atomic E-state index is 0.398. The molecule has 2 N–H and O–H groups in total. The first-order valence-corrected chi connectivity index (χ1v) is 12.3. The minimum Gasteiger partial charge on any atom is -0.381 e. The van der Waals surface area contributed by atoms with E-state index in [4.69, 9.17) is 14.2 Å². The molecular weight excluding hydrogens is 404 g/mol. The van der Waals surface area contributed by atoms with Gasteiger partial charge >= 0.3 is 0 Å². The van der Waals surface area contributed by atoms with Crippen LogP contribution in [0.3, 0.4) is 0 Å². The quantitative estimate of drug-likeness (QED) is 0.276. The number of nitrogens with one attached hydrogen (secondary N) is 2. The molecule has 0 spiro atoms. The van der Waals surface area contributed by atoms with Crippen molar-refractivity contribution in [3.05, 3.63) is 35.9 Å². The topological polar surface area (TPSA) is 67.4 Å². The molecule has 2 aliphatic rings. The van der Waals surface area contributed by atoms with Crippen molar-refractivity contribution in [1.29, 1.82) is 0 Å². The molecule has 7 nitrogen and oxygen atoms in total. The lowest BCUT2D eigenvalue weighted by atomic mass is 10.1. The van der Waals surface area contributed by atoms with Gasteiger partial charge < -0.3 is 24.8 Å². The fraction of sp³-hybridized carbons (Fsp3) is 0.720. The van der Waals surface area contributed by atoms with Crippen molar-refractivity contribution in [2.24, 2.45) is 10.9 Å². The number of guanidine groups is 1. The van der Waals surface area contributed by atoms with Crippen LogP contribution in [-0.4, -0.2) is 83.2 Å². The molecule has 2 aliphatic heterocycles. The average molecular weight is 447 g/mol. The Labute approximate surface area is 193 Å². The highest BCUT2D eigenvalue weighted by Crippen LogP contribution is 2.16. The third kappa shape index (κ3) is 9.86. The molecule has 0 aliphatic carbocycles. The molecule has 1 aromatic carbocycles. The third-order valence-corrected chi connectivity index (χ3v) is 6.11. The molecule has 0 saturated carbocycles. The van der Waals surface area contributed by atoms with Gasteiger partial charge in [0.25, 0.3) is 0 Å². The van der Waals surface area contributed by atoms with E-state index in [2.05, 4.69) is 50.9 Å². The highest BCUT2D eigenvalue weighted by molar-refractivity contribution is 5.79. The highest BCUT2D eigenvalue weighted by atomic mass is 16.5. The number of piperidine rings is 1. The van der Waals surface area contributed by atoms with Crippen LogP contribution in [-0.2, 0) is 20.8 Å². The van der Waals surface area contributed by atoms with E-state index >= 15 is 0 Å². The Morgan fingerprint density at radius 1 is 1.06 bits per heavy atom. The van der Waals surface area contributed by atoms with E-state index in [1.165, 1.54) is 5.56 Å². The monoisotopic (exact) mass is 446 g/mol. The highest BCUT2D eigenvalue weighted by Gasteiger charge is 2.19.